The van der Waals surface area contributed by atoms with Gasteiger partial charge in [0, 0.05) is 13.0 Å². The number of amides is 2. The average Bonchev–Trinajstić information content (AvgIpc) is 3.15. The molecule has 1 aliphatic rings. The Morgan fingerprint density at radius 3 is 2.09 bits per heavy atom. The number of nitrogens with one attached hydrogen (secondary N) is 2. The smallest absolute Gasteiger partial charge is 0.407 e. The number of ether oxygens (including phenoxy) is 2. The van der Waals surface area contributed by atoms with Gasteiger partial charge in [-0.25, -0.2) is 9.59 Å². The van der Waals surface area contributed by atoms with Gasteiger partial charge in [-0.2, -0.15) is 0 Å². The molecule has 2 aromatic carbocycles. The first kappa shape index (κ1) is 26.2. The number of hydrogen-bond acceptors (Lipinski definition) is 5. The van der Waals surface area contributed by atoms with Gasteiger partial charge in [0.25, 0.3) is 0 Å². The molecule has 35 heavy (non-hydrogen) atoms. The molecule has 1 aliphatic carbocycles. The maximum Gasteiger partial charge on any atom is 0.407 e. The van der Waals surface area contributed by atoms with E-state index in [9.17, 15) is 19.5 Å². The van der Waals surface area contributed by atoms with Crippen molar-refractivity contribution < 1.29 is 29.0 Å². The minimum absolute atomic E-state index is 0.0721. The van der Waals surface area contributed by atoms with Crippen molar-refractivity contribution in [3.8, 4) is 11.1 Å². The molecule has 3 rings (SSSR count). The standard InChI is InChI=1S/C27H34N2O6/c1-5-27(16-34-4,25(31)32)29-24(30)23(14-17(2)3)28-26(33)35-15-22-20-12-8-6-10-18(20)19-11-7-9-13-21(19)22/h6-13,17,22-23H,5,14-16H2,1-4H3,(H,28,33)(H,29,30)(H,31,32). The molecule has 0 saturated heterocycles. The molecule has 2 amide bonds. The van der Waals surface area contributed by atoms with Crippen molar-refractivity contribution in [3.05, 3.63) is 59.7 Å². The van der Waals surface area contributed by atoms with Crippen molar-refractivity contribution in [1.82, 2.24) is 10.6 Å². The van der Waals surface area contributed by atoms with Crippen LogP contribution in [0.5, 0.6) is 0 Å². The Hall–Kier alpha value is -3.39. The Morgan fingerprint density at radius 1 is 1.03 bits per heavy atom. The van der Waals surface area contributed by atoms with E-state index in [1.165, 1.54) is 7.11 Å². The SMILES string of the molecule is CCC(COC)(NC(=O)C(CC(C)C)NC(=O)OCC1c2ccccc2-c2ccccc21)C(=O)O. The van der Waals surface area contributed by atoms with Crippen molar-refractivity contribution in [1.29, 1.82) is 0 Å². The highest BCUT2D eigenvalue weighted by Crippen LogP contribution is 2.44. The first-order valence-corrected chi connectivity index (χ1v) is 11.9. The molecule has 0 saturated carbocycles. The molecule has 188 valence electrons. The van der Waals surface area contributed by atoms with E-state index in [1.54, 1.807) is 6.92 Å². The summed E-state index contributed by atoms with van der Waals surface area (Å²) in [5, 5.41) is 14.9. The van der Waals surface area contributed by atoms with Crippen LogP contribution in [0, 0.1) is 5.92 Å². The van der Waals surface area contributed by atoms with Crippen molar-refractivity contribution in [2.75, 3.05) is 20.3 Å². The van der Waals surface area contributed by atoms with Gasteiger partial charge in [-0.15, -0.1) is 0 Å². The normalized spacial score (nSPS) is 15.0. The molecule has 0 aliphatic heterocycles. The highest BCUT2D eigenvalue weighted by molar-refractivity contribution is 5.91. The molecule has 0 fully saturated rings. The van der Waals surface area contributed by atoms with E-state index in [0.29, 0.717) is 6.42 Å². The second kappa shape index (κ2) is 11.4. The quantitative estimate of drug-likeness (QED) is 0.447. The molecule has 0 heterocycles. The summed E-state index contributed by atoms with van der Waals surface area (Å²) in [5.74, 6) is -1.82. The van der Waals surface area contributed by atoms with Gasteiger partial charge in [0.1, 0.15) is 12.6 Å². The van der Waals surface area contributed by atoms with E-state index in [1.807, 2.05) is 50.2 Å². The lowest BCUT2D eigenvalue weighted by Crippen LogP contribution is -2.61. The van der Waals surface area contributed by atoms with E-state index in [2.05, 4.69) is 22.8 Å². The fourth-order valence-corrected chi connectivity index (χ4v) is 4.55. The van der Waals surface area contributed by atoms with Crippen LogP contribution < -0.4 is 10.6 Å². The summed E-state index contributed by atoms with van der Waals surface area (Å²) in [6.07, 6.45) is -0.277. The maximum atomic E-state index is 13.1. The number of carbonyl (C=O) groups is 3. The minimum atomic E-state index is -1.58. The number of carbonyl (C=O) groups excluding carboxylic acids is 2. The van der Waals surface area contributed by atoms with Crippen molar-refractivity contribution in [2.24, 2.45) is 5.92 Å². The zero-order valence-electron chi connectivity index (χ0n) is 20.7. The molecule has 8 heteroatoms. The molecule has 0 aromatic heterocycles. The first-order chi connectivity index (χ1) is 16.7. The number of carboxylic acid groups (broad SMARTS) is 1. The molecule has 3 N–H and O–H groups in total. The van der Waals surface area contributed by atoms with Crippen LogP contribution in [0.15, 0.2) is 48.5 Å². The third-order valence-corrected chi connectivity index (χ3v) is 6.43. The van der Waals surface area contributed by atoms with E-state index >= 15 is 0 Å². The van der Waals surface area contributed by atoms with Crippen LogP contribution in [0.1, 0.15) is 50.7 Å². The predicted molar refractivity (Wildman–Crippen MR) is 132 cm³/mol. The summed E-state index contributed by atoms with van der Waals surface area (Å²) in [6, 6.07) is 15.1. The number of methoxy groups -OCH3 is 1. The third kappa shape index (κ3) is 5.82. The molecular formula is C27H34N2O6. The van der Waals surface area contributed by atoms with Crippen molar-refractivity contribution >= 4 is 18.0 Å². The zero-order chi connectivity index (χ0) is 25.6. The Balaban J connectivity index is 1.70. The molecule has 0 spiro atoms. The molecule has 2 aromatic rings. The van der Waals surface area contributed by atoms with Gasteiger partial charge in [-0.1, -0.05) is 69.3 Å². The highest BCUT2D eigenvalue weighted by Gasteiger charge is 2.40. The predicted octanol–water partition coefficient (Wildman–Crippen LogP) is 3.94. The summed E-state index contributed by atoms with van der Waals surface area (Å²) in [7, 11) is 1.38. The number of rotatable bonds is 11. The highest BCUT2D eigenvalue weighted by atomic mass is 16.5. The summed E-state index contributed by atoms with van der Waals surface area (Å²) in [5.41, 5.74) is 2.84. The largest absolute Gasteiger partial charge is 0.479 e. The number of benzene rings is 2. The molecular weight excluding hydrogens is 448 g/mol. The molecule has 0 bridgehead atoms. The van der Waals surface area contributed by atoms with Gasteiger partial charge in [0.15, 0.2) is 5.54 Å². The fourth-order valence-electron chi connectivity index (χ4n) is 4.55. The van der Waals surface area contributed by atoms with Crippen molar-refractivity contribution in [2.45, 2.75) is 51.1 Å². The monoisotopic (exact) mass is 482 g/mol. The van der Waals surface area contributed by atoms with Gasteiger partial charge in [0.05, 0.1) is 6.61 Å². The van der Waals surface area contributed by atoms with Gasteiger partial charge in [-0.05, 0) is 41.0 Å². The Bertz CT molecular complexity index is 1020. The van der Waals surface area contributed by atoms with E-state index in [4.69, 9.17) is 9.47 Å². The Morgan fingerprint density at radius 2 is 1.60 bits per heavy atom. The Kier molecular flexibility index (Phi) is 8.51. The number of aliphatic carboxylic acids is 1. The van der Waals surface area contributed by atoms with Gasteiger partial charge < -0.3 is 25.2 Å². The second-order valence-corrected chi connectivity index (χ2v) is 9.32. The van der Waals surface area contributed by atoms with Crippen LogP contribution in [-0.4, -0.2) is 55.0 Å². The topological polar surface area (TPSA) is 114 Å². The van der Waals surface area contributed by atoms with Crippen LogP contribution in [0.4, 0.5) is 4.79 Å². The van der Waals surface area contributed by atoms with E-state index in [0.717, 1.165) is 22.3 Å². The summed E-state index contributed by atoms with van der Waals surface area (Å²) < 4.78 is 10.6. The lowest BCUT2D eigenvalue weighted by Gasteiger charge is -2.31. The minimum Gasteiger partial charge on any atom is -0.479 e. The second-order valence-electron chi connectivity index (χ2n) is 9.32. The summed E-state index contributed by atoms with van der Waals surface area (Å²) >= 11 is 0. The average molecular weight is 483 g/mol. The number of carboxylic acids is 1. The lowest BCUT2D eigenvalue weighted by atomic mass is 9.95. The van der Waals surface area contributed by atoms with Gasteiger partial charge in [0.2, 0.25) is 5.91 Å². The number of hydrogen-bond donors (Lipinski definition) is 3. The molecule has 2 unspecified atom stereocenters. The molecule has 8 nitrogen and oxygen atoms in total. The maximum absolute atomic E-state index is 13.1. The first-order valence-electron chi connectivity index (χ1n) is 11.9. The summed E-state index contributed by atoms with van der Waals surface area (Å²) in [6.45, 7) is 5.42. The van der Waals surface area contributed by atoms with E-state index < -0.39 is 29.6 Å². The van der Waals surface area contributed by atoms with Crippen LogP contribution in [0.3, 0.4) is 0 Å². The number of alkyl carbamates (subject to hydrolysis) is 1. The fraction of sp³-hybridized carbons (Fsp3) is 0.444. The van der Waals surface area contributed by atoms with Crippen LogP contribution >= 0.6 is 0 Å². The molecule has 0 radical (unpaired) electrons. The molecule has 2 atom stereocenters. The number of fused-ring (bicyclic) bond motifs is 3. The third-order valence-electron chi connectivity index (χ3n) is 6.43. The van der Waals surface area contributed by atoms with E-state index in [-0.39, 0.29) is 31.5 Å². The Labute approximate surface area is 206 Å². The van der Waals surface area contributed by atoms with Gasteiger partial charge >= 0.3 is 12.1 Å². The summed E-state index contributed by atoms with van der Waals surface area (Å²) in [4.78, 5) is 37.7. The van der Waals surface area contributed by atoms with Crippen molar-refractivity contribution in [3.63, 3.8) is 0 Å². The van der Waals surface area contributed by atoms with Gasteiger partial charge in [-0.3, -0.25) is 4.79 Å². The van der Waals surface area contributed by atoms with Crippen LogP contribution in [-0.2, 0) is 19.1 Å². The van der Waals surface area contributed by atoms with Crippen LogP contribution in [0.25, 0.3) is 11.1 Å². The zero-order valence-corrected chi connectivity index (χ0v) is 20.7. The lowest BCUT2D eigenvalue weighted by molar-refractivity contribution is -0.150. The van der Waals surface area contributed by atoms with Crippen LogP contribution in [0.2, 0.25) is 0 Å².